The molecule has 0 saturated heterocycles. The highest BCUT2D eigenvalue weighted by atomic mass is 15.2. The van der Waals surface area contributed by atoms with Gasteiger partial charge in [0.15, 0.2) is 17.0 Å². The molecule has 6 nitrogen and oxygen atoms in total. The molecule has 0 aliphatic heterocycles. The van der Waals surface area contributed by atoms with Crippen molar-refractivity contribution >= 4 is 23.3 Å². The predicted molar refractivity (Wildman–Crippen MR) is 62.5 cm³/mol. The first-order valence-electron chi connectivity index (χ1n) is 4.88. The minimum absolute atomic E-state index is 0.575. The van der Waals surface area contributed by atoms with E-state index in [1.54, 1.807) is 12.7 Å². The lowest BCUT2D eigenvalue weighted by atomic mass is 10.5. The first-order valence-corrected chi connectivity index (χ1v) is 4.88. The quantitative estimate of drug-likeness (QED) is 0.565. The second kappa shape index (κ2) is 4.26. The fourth-order valence-electron chi connectivity index (χ4n) is 1.30. The van der Waals surface area contributed by atoms with Gasteiger partial charge in [0.25, 0.3) is 0 Å². The topological polar surface area (TPSA) is 59.2 Å². The van der Waals surface area contributed by atoms with Crippen LogP contribution < -0.4 is 0 Å². The maximum Gasteiger partial charge on any atom is 0.184 e. The Labute approximate surface area is 93.7 Å². The molecule has 0 spiro atoms. The van der Waals surface area contributed by atoms with E-state index in [1.165, 1.54) is 6.33 Å². The fourth-order valence-corrected chi connectivity index (χ4v) is 1.30. The predicted octanol–water partition coefficient (Wildman–Crippen LogP) is 0.882. The lowest BCUT2D eigenvalue weighted by Gasteiger charge is -2.02. The van der Waals surface area contributed by atoms with E-state index in [4.69, 9.17) is 0 Å². The molecule has 0 aliphatic carbocycles. The number of aliphatic imine (C=N–C) groups is 1. The van der Waals surface area contributed by atoms with E-state index in [0.717, 1.165) is 5.65 Å². The Balaban J connectivity index is 2.50. The number of hydrogen-bond donors (Lipinski definition) is 0. The van der Waals surface area contributed by atoms with E-state index in [0.29, 0.717) is 17.9 Å². The second-order valence-electron chi connectivity index (χ2n) is 3.52. The highest BCUT2D eigenvalue weighted by Crippen LogP contribution is 2.19. The molecule has 0 amide bonds. The van der Waals surface area contributed by atoms with Gasteiger partial charge in [-0.2, -0.15) is 0 Å². The summed E-state index contributed by atoms with van der Waals surface area (Å²) in [5.41, 5.74) is 1.46. The van der Waals surface area contributed by atoms with E-state index < -0.39 is 0 Å². The van der Waals surface area contributed by atoms with Crippen molar-refractivity contribution in [1.82, 2.24) is 24.4 Å². The summed E-state index contributed by atoms with van der Waals surface area (Å²) in [4.78, 5) is 18.6. The number of rotatable bonds is 3. The first-order chi connectivity index (χ1) is 7.72. The Morgan fingerprint density at radius 3 is 2.94 bits per heavy atom. The third kappa shape index (κ3) is 1.86. The van der Waals surface area contributed by atoms with E-state index >= 15 is 0 Å². The van der Waals surface area contributed by atoms with Crippen LogP contribution in [0.3, 0.4) is 0 Å². The zero-order chi connectivity index (χ0) is 11.5. The largest absolute Gasteiger partial charge is 0.369 e. The van der Waals surface area contributed by atoms with Crippen LogP contribution in [0, 0.1) is 6.92 Å². The van der Waals surface area contributed by atoms with Gasteiger partial charge in [-0.25, -0.2) is 19.9 Å². The fraction of sp³-hybridized carbons (Fsp3) is 0.300. The minimum atomic E-state index is 0.575. The Bertz CT molecular complexity index is 513. The van der Waals surface area contributed by atoms with Crippen LogP contribution in [-0.2, 0) is 6.54 Å². The van der Waals surface area contributed by atoms with Crippen molar-refractivity contribution in [2.75, 3.05) is 14.1 Å². The van der Waals surface area contributed by atoms with Crippen molar-refractivity contribution in [1.29, 1.82) is 0 Å². The number of aromatic nitrogens is 4. The highest BCUT2D eigenvalue weighted by Gasteiger charge is 2.07. The zero-order valence-electron chi connectivity index (χ0n) is 9.33. The number of nitrogens with zero attached hydrogens (tertiary/aromatic N) is 6. The van der Waals surface area contributed by atoms with Crippen molar-refractivity contribution < 1.29 is 0 Å². The summed E-state index contributed by atoms with van der Waals surface area (Å²) < 4.78 is 1.85. The molecule has 83 valence electrons. The molecule has 1 radical (unpaired) electrons. The summed E-state index contributed by atoms with van der Waals surface area (Å²) in [6, 6.07) is 0. The van der Waals surface area contributed by atoms with Crippen LogP contribution in [0.1, 0.15) is 0 Å². The van der Waals surface area contributed by atoms with E-state index in [2.05, 4.69) is 26.9 Å². The van der Waals surface area contributed by atoms with Crippen LogP contribution in [-0.4, -0.2) is 44.9 Å². The van der Waals surface area contributed by atoms with Crippen molar-refractivity contribution in [3.63, 3.8) is 0 Å². The maximum absolute atomic E-state index is 4.24. The molecular formula is C10H13N6. The highest BCUT2D eigenvalue weighted by molar-refractivity contribution is 5.82. The molecule has 0 unspecified atom stereocenters. The molecule has 0 aliphatic rings. The molecule has 16 heavy (non-hydrogen) atoms. The van der Waals surface area contributed by atoms with Crippen LogP contribution in [0.2, 0.25) is 0 Å². The molecule has 0 fully saturated rings. The average molecular weight is 217 g/mol. The standard InChI is InChI=1S/C10H13N6/c1-4-16-7-13-8-9(14-6-15(2)3)11-5-12-10(8)16/h5-7H,1,4H2,2-3H3/b14-6+. The van der Waals surface area contributed by atoms with Gasteiger partial charge >= 0.3 is 0 Å². The molecule has 0 aromatic carbocycles. The molecule has 2 aromatic rings. The molecule has 0 saturated carbocycles. The summed E-state index contributed by atoms with van der Waals surface area (Å²) in [6.45, 7) is 4.39. The van der Waals surface area contributed by atoms with Gasteiger partial charge in [0.05, 0.1) is 12.7 Å². The van der Waals surface area contributed by atoms with E-state index in [9.17, 15) is 0 Å². The van der Waals surface area contributed by atoms with Gasteiger partial charge in [0.2, 0.25) is 0 Å². The number of imidazole rings is 1. The summed E-state index contributed by atoms with van der Waals surface area (Å²) in [5, 5.41) is 0. The summed E-state index contributed by atoms with van der Waals surface area (Å²) >= 11 is 0. The smallest absolute Gasteiger partial charge is 0.184 e. The average Bonchev–Trinajstić information content (AvgIpc) is 2.69. The van der Waals surface area contributed by atoms with Crippen molar-refractivity contribution in [2.24, 2.45) is 4.99 Å². The Hall–Kier alpha value is -1.98. The summed E-state index contributed by atoms with van der Waals surface area (Å²) in [5.74, 6) is 0.575. The van der Waals surface area contributed by atoms with Crippen LogP contribution in [0.25, 0.3) is 11.2 Å². The number of fused-ring (bicyclic) bond motifs is 1. The molecule has 2 rings (SSSR count). The molecule has 0 atom stereocenters. The van der Waals surface area contributed by atoms with Gasteiger partial charge in [0.1, 0.15) is 6.33 Å². The summed E-state index contributed by atoms with van der Waals surface area (Å²) in [6.07, 6.45) is 4.87. The maximum atomic E-state index is 4.24. The Morgan fingerprint density at radius 2 is 2.25 bits per heavy atom. The second-order valence-corrected chi connectivity index (χ2v) is 3.52. The Morgan fingerprint density at radius 1 is 1.44 bits per heavy atom. The summed E-state index contributed by atoms with van der Waals surface area (Å²) in [7, 11) is 3.80. The van der Waals surface area contributed by atoms with Gasteiger partial charge in [-0.3, -0.25) is 0 Å². The minimum Gasteiger partial charge on any atom is -0.369 e. The molecule has 0 N–H and O–H groups in total. The third-order valence-electron chi connectivity index (χ3n) is 2.03. The molecule has 2 aromatic heterocycles. The van der Waals surface area contributed by atoms with Gasteiger partial charge < -0.3 is 9.47 Å². The first kappa shape index (κ1) is 10.5. The van der Waals surface area contributed by atoms with Crippen molar-refractivity contribution in [3.05, 3.63) is 19.6 Å². The Kier molecular flexibility index (Phi) is 2.80. The molecule has 2 heterocycles. The lowest BCUT2D eigenvalue weighted by molar-refractivity contribution is 0.643. The van der Waals surface area contributed by atoms with Crippen LogP contribution in [0.5, 0.6) is 0 Å². The van der Waals surface area contributed by atoms with Crippen LogP contribution in [0.15, 0.2) is 17.6 Å². The van der Waals surface area contributed by atoms with Gasteiger partial charge in [0, 0.05) is 20.6 Å². The van der Waals surface area contributed by atoms with Crippen LogP contribution in [0.4, 0.5) is 5.82 Å². The normalized spacial score (nSPS) is 11.4. The van der Waals surface area contributed by atoms with Crippen LogP contribution >= 0.6 is 0 Å². The van der Waals surface area contributed by atoms with Gasteiger partial charge in [-0.15, -0.1) is 0 Å². The SMILES string of the molecule is [CH2]Cn1cnc2c(/N=C/N(C)C)ncnc21. The van der Waals surface area contributed by atoms with Gasteiger partial charge in [-0.1, -0.05) is 0 Å². The van der Waals surface area contributed by atoms with E-state index in [-0.39, 0.29) is 0 Å². The monoisotopic (exact) mass is 217 g/mol. The molecular weight excluding hydrogens is 204 g/mol. The van der Waals surface area contributed by atoms with Crippen molar-refractivity contribution in [2.45, 2.75) is 6.54 Å². The van der Waals surface area contributed by atoms with Gasteiger partial charge in [-0.05, 0) is 6.92 Å². The third-order valence-corrected chi connectivity index (χ3v) is 2.03. The molecule has 0 bridgehead atoms. The van der Waals surface area contributed by atoms with Crippen molar-refractivity contribution in [3.8, 4) is 0 Å². The molecule has 6 heteroatoms. The zero-order valence-corrected chi connectivity index (χ0v) is 9.33. The number of hydrogen-bond acceptors (Lipinski definition) is 4. The van der Waals surface area contributed by atoms with E-state index in [1.807, 2.05) is 23.6 Å². The lowest BCUT2D eigenvalue weighted by Crippen LogP contribution is -2.07.